The molecule has 0 saturated carbocycles. The second-order valence-corrected chi connectivity index (χ2v) is 4.47. The van der Waals surface area contributed by atoms with Gasteiger partial charge in [0, 0.05) is 0 Å². The SMILES string of the molecule is C[C@H](NC(=O)C(C)(C)N)c1cccc(F)c1. The predicted molar refractivity (Wildman–Crippen MR) is 61.2 cm³/mol. The van der Waals surface area contributed by atoms with Gasteiger partial charge in [-0.15, -0.1) is 0 Å². The van der Waals surface area contributed by atoms with Crippen LogP contribution in [-0.4, -0.2) is 11.4 Å². The first-order valence-corrected chi connectivity index (χ1v) is 5.16. The van der Waals surface area contributed by atoms with E-state index in [-0.39, 0.29) is 17.8 Å². The van der Waals surface area contributed by atoms with Crippen molar-refractivity contribution in [1.82, 2.24) is 5.32 Å². The lowest BCUT2D eigenvalue weighted by Crippen LogP contribution is -2.49. The molecule has 0 aromatic heterocycles. The van der Waals surface area contributed by atoms with Crippen LogP contribution in [0.2, 0.25) is 0 Å². The number of hydrogen-bond donors (Lipinski definition) is 2. The van der Waals surface area contributed by atoms with Crippen LogP contribution in [0.5, 0.6) is 0 Å². The first-order valence-electron chi connectivity index (χ1n) is 5.16. The van der Waals surface area contributed by atoms with E-state index in [9.17, 15) is 9.18 Å². The molecule has 3 nitrogen and oxygen atoms in total. The average Bonchev–Trinajstić information content (AvgIpc) is 2.16. The molecule has 0 aliphatic carbocycles. The molecule has 0 unspecified atom stereocenters. The minimum Gasteiger partial charge on any atom is -0.348 e. The van der Waals surface area contributed by atoms with Gasteiger partial charge in [-0.05, 0) is 38.5 Å². The van der Waals surface area contributed by atoms with Gasteiger partial charge in [0.25, 0.3) is 0 Å². The van der Waals surface area contributed by atoms with E-state index in [1.54, 1.807) is 32.9 Å². The average molecular weight is 224 g/mol. The van der Waals surface area contributed by atoms with E-state index in [1.807, 2.05) is 0 Å². The number of carbonyl (C=O) groups excluding carboxylic acids is 1. The summed E-state index contributed by atoms with van der Waals surface area (Å²) >= 11 is 0. The van der Waals surface area contributed by atoms with E-state index in [1.165, 1.54) is 12.1 Å². The third-order valence-electron chi connectivity index (χ3n) is 2.28. The molecule has 0 radical (unpaired) electrons. The molecular weight excluding hydrogens is 207 g/mol. The minimum absolute atomic E-state index is 0.258. The molecule has 0 spiro atoms. The van der Waals surface area contributed by atoms with Crippen LogP contribution < -0.4 is 11.1 Å². The molecule has 0 bridgehead atoms. The molecule has 0 saturated heterocycles. The first-order chi connectivity index (χ1) is 7.30. The van der Waals surface area contributed by atoms with Gasteiger partial charge < -0.3 is 11.1 Å². The van der Waals surface area contributed by atoms with E-state index in [2.05, 4.69) is 5.32 Å². The molecule has 1 rings (SSSR count). The maximum atomic E-state index is 13.0. The Balaban J connectivity index is 2.73. The lowest BCUT2D eigenvalue weighted by atomic mass is 10.0. The second kappa shape index (κ2) is 4.61. The van der Waals surface area contributed by atoms with Crippen LogP contribution in [0.3, 0.4) is 0 Å². The van der Waals surface area contributed by atoms with Crippen LogP contribution in [0.15, 0.2) is 24.3 Å². The number of amides is 1. The molecule has 0 fully saturated rings. The summed E-state index contributed by atoms with van der Waals surface area (Å²) in [6.45, 7) is 5.04. The van der Waals surface area contributed by atoms with Crippen molar-refractivity contribution in [2.75, 3.05) is 0 Å². The van der Waals surface area contributed by atoms with E-state index in [0.29, 0.717) is 0 Å². The van der Waals surface area contributed by atoms with Crippen molar-refractivity contribution >= 4 is 5.91 Å². The highest BCUT2D eigenvalue weighted by molar-refractivity contribution is 5.85. The molecule has 1 atom stereocenters. The quantitative estimate of drug-likeness (QED) is 0.821. The smallest absolute Gasteiger partial charge is 0.239 e. The largest absolute Gasteiger partial charge is 0.348 e. The zero-order valence-corrected chi connectivity index (χ0v) is 9.75. The van der Waals surface area contributed by atoms with Crippen LogP contribution >= 0.6 is 0 Å². The first kappa shape index (κ1) is 12.6. The normalized spacial score (nSPS) is 13.3. The Morgan fingerprint density at radius 3 is 2.62 bits per heavy atom. The van der Waals surface area contributed by atoms with E-state index >= 15 is 0 Å². The highest BCUT2D eigenvalue weighted by Gasteiger charge is 2.23. The zero-order chi connectivity index (χ0) is 12.3. The summed E-state index contributed by atoms with van der Waals surface area (Å²) in [5.74, 6) is -0.574. The number of benzene rings is 1. The van der Waals surface area contributed by atoms with E-state index < -0.39 is 5.54 Å². The number of hydrogen-bond acceptors (Lipinski definition) is 2. The topological polar surface area (TPSA) is 55.1 Å². The number of halogens is 1. The summed E-state index contributed by atoms with van der Waals surface area (Å²) in [4.78, 5) is 11.6. The van der Waals surface area contributed by atoms with Gasteiger partial charge >= 0.3 is 0 Å². The van der Waals surface area contributed by atoms with Gasteiger partial charge in [-0.3, -0.25) is 4.79 Å². The van der Waals surface area contributed by atoms with Crippen LogP contribution in [-0.2, 0) is 4.79 Å². The Morgan fingerprint density at radius 2 is 2.12 bits per heavy atom. The van der Waals surface area contributed by atoms with Gasteiger partial charge in [0.2, 0.25) is 5.91 Å². The highest BCUT2D eigenvalue weighted by Crippen LogP contribution is 2.14. The lowest BCUT2D eigenvalue weighted by molar-refractivity contribution is -0.125. The number of carbonyl (C=O) groups is 1. The third kappa shape index (κ3) is 3.31. The Morgan fingerprint density at radius 1 is 1.50 bits per heavy atom. The highest BCUT2D eigenvalue weighted by atomic mass is 19.1. The molecule has 16 heavy (non-hydrogen) atoms. The number of rotatable bonds is 3. The summed E-state index contributed by atoms with van der Waals surface area (Å²) in [6.07, 6.45) is 0. The maximum absolute atomic E-state index is 13.0. The third-order valence-corrected chi connectivity index (χ3v) is 2.28. The molecule has 0 aliphatic rings. The van der Waals surface area contributed by atoms with Crippen molar-refractivity contribution in [3.8, 4) is 0 Å². The number of nitrogens with two attached hydrogens (primary N) is 1. The van der Waals surface area contributed by atoms with Gasteiger partial charge in [-0.1, -0.05) is 12.1 Å². The molecule has 88 valence electrons. The molecule has 0 heterocycles. The molecule has 4 heteroatoms. The van der Waals surface area contributed by atoms with Gasteiger partial charge in [-0.25, -0.2) is 4.39 Å². The Labute approximate surface area is 94.8 Å². The van der Waals surface area contributed by atoms with Crippen molar-refractivity contribution < 1.29 is 9.18 Å². The Kier molecular flexibility index (Phi) is 3.65. The standard InChI is InChI=1S/C12H17FN2O/c1-8(15-11(16)12(2,3)14)9-5-4-6-10(13)7-9/h4-8H,14H2,1-3H3,(H,15,16)/t8-/m0/s1. The van der Waals surface area contributed by atoms with Gasteiger partial charge in [0.05, 0.1) is 11.6 Å². The summed E-state index contributed by atoms with van der Waals surface area (Å²) in [7, 11) is 0. The molecule has 1 aromatic carbocycles. The van der Waals surface area contributed by atoms with Gasteiger partial charge in [0.15, 0.2) is 0 Å². The lowest BCUT2D eigenvalue weighted by Gasteiger charge is -2.22. The summed E-state index contributed by atoms with van der Waals surface area (Å²) in [6, 6.07) is 5.88. The summed E-state index contributed by atoms with van der Waals surface area (Å²) in [5.41, 5.74) is 5.44. The zero-order valence-electron chi connectivity index (χ0n) is 9.75. The summed E-state index contributed by atoms with van der Waals surface area (Å²) in [5, 5.41) is 2.73. The minimum atomic E-state index is -0.929. The van der Waals surface area contributed by atoms with Crippen molar-refractivity contribution in [2.45, 2.75) is 32.4 Å². The molecular formula is C12H17FN2O. The van der Waals surface area contributed by atoms with Gasteiger partial charge in [0.1, 0.15) is 5.82 Å². The van der Waals surface area contributed by atoms with Crippen molar-refractivity contribution in [2.24, 2.45) is 5.73 Å². The van der Waals surface area contributed by atoms with Gasteiger partial charge in [-0.2, -0.15) is 0 Å². The van der Waals surface area contributed by atoms with Crippen LogP contribution in [0.4, 0.5) is 4.39 Å². The fourth-order valence-electron chi connectivity index (χ4n) is 1.24. The monoisotopic (exact) mass is 224 g/mol. The molecule has 1 amide bonds. The predicted octanol–water partition coefficient (Wildman–Crippen LogP) is 1.74. The van der Waals surface area contributed by atoms with Crippen LogP contribution in [0.25, 0.3) is 0 Å². The van der Waals surface area contributed by atoms with E-state index in [0.717, 1.165) is 5.56 Å². The maximum Gasteiger partial charge on any atom is 0.239 e. The van der Waals surface area contributed by atoms with Crippen molar-refractivity contribution in [3.05, 3.63) is 35.6 Å². The molecule has 0 aliphatic heterocycles. The molecule has 1 aromatic rings. The van der Waals surface area contributed by atoms with Crippen molar-refractivity contribution in [3.63, 3.8) is 0 Å². The fourth-order valence-corrected chi connectivity index (χ4v) is 1.24. The van der Waals surface area contributed by atoms with E-state index in [4.69, 9.17) is 5.73 Å². The number of nitrogens with one attached hydrogen (secondary N) is 1. The summed E-state index contributed by atoms with van der Waals surface area (Å²) < 4.78 is 13.0. The second-order valence-electron chi connectivity index (χ2n) is 4.47. The van der Waals surface area contributed by atoms with Crippen molar-refractivity contribution in [1.29, 1.82) is 0 Å². The Bertz CT molecular complexity index is 385. The Hall–Kier alpha value is -1.42. The van der Waals surface area contributed by atoms with Crippen LogP contribution in [0.1, 0.15) is 32.4 Å². The molecule has 3 N–H and O–H groups in total. The fraction of sp³-hybridized carbons (Fsp3) is 0.417. The van der Waals surface area contributed by atoms with Crippen LogP contribution in [0, 0.1) is 5.82 Å².